The lowest BCUT2D eigenvalue weighted by molar-refractivity contribution is 0.0488. The number of hydrogen-bond donors (Lipinski definition) is 2. The van der Waals surface area contributed by atoms with Crippen LogP contribution >= 0.6 is 0 Å². The molecular formula is C20H24O3. The topological polar surface area (TPSA) is 57.5 Å². The molecule has 0 bridgehead atoms. The summed E-state index contributed by atoms with van der Waals surface area (Å²) in [6.07, 6.45) is 0.603. The van der Waals surface area contributed by atoms with Gasteiger partial charge in [-0.3, -0.25) is 4.79 Å². The van der Waals surface area contributed by atoms with E-state index in [1.807, 2.05) is 36.4 Å². The lowest BCUT2D eigenvalue weighted by Gasteiger charge is -2.17. The first-order valence-corrected chi connectivity index (χ1v) is 7.75. The maximum atomic E-state index is 12.0. The first-order chi connectivity index (χ1) is 10.6. The van der Waals surface area contributed by atoms with Crippen molar-refractivity contribution in [3.05, 3.63) is 59.7 Å². The maximum absolute atomic E-state index is 12.0. The van der Waals surface area contributed by atoms with Crippen molar-refractivity contribution < 1.29 is 15.0 Å². The van der Waals surface area contributed by atoms with Crippen molar-refractivity contribution in [3.63, 3.8) is 0 Å². The van der Waals surface area contributed by atoms with Crippen LogP contribution in [0.4, 0.5) is 0 Å². The molecule has 0 aliphatic heterocycles. The van der Waals surface area contributed by atoms with Crippen molar-refractivity contribution in [3.8, 4) is 11.1 Å². The number of carbonyl (C=O) groups excluding carboxylic acids is 1. The monoisotopic (exact) mass is 312 g/mol. The molecule has 0 heterocycles. The molecule has 2 aromatic rings. The lowest BCUT2D eigenvalue weighted by atomic mass is 9.94. The van der Waals surface area contributed by atoms with E-state index in [4.69, 9.17) is 0 Å². The molecule has 0 radical (unpaired) electrons. The summed E-state index contributed by atoms with van der Waals surface area (Å²) < 4.78 is 0. The summed E-state index contributed by atoms with van der Waals surface area (Å²) in [5.41, 5.74) is 1.55. The van der Waals surface area contributed by atoms with Crippen LogP contribution in [-0.2, 0) is 6.42 Å². The molecule has 0 spiro atoms. The summed E-state index contributed by atoms with van der Waals surface area (Å²) in [6.45, 7) is 6.56. The molecule has 0 unspecified atom stereocenters. The van der Waals surface area contributed by atoms with Gasteiger partial charge in [0, 0.05) is 12.0 Å². The van der Waals surface area contributed by atoms with Gasteiger partial charge in [0.15, 0.2) is 5.78 Å². The van der Waals surface area contributed by atoms with Gasteiger partial charge in [0.25, 0.3) is 0 Å². The largest absolute Gasteiger partial charge is 0.390 e. The minimum Gasteiger partial charge on any atom is -0.390 e. The van der Waals surface area contributed by atoms with Gasteiger partial charge >= 0.3 is 0 Å². The van der Waals surface area contributed by atoms with Gasteiger partial charge in [-0.15, -0.1) is 0 Å². The highest BCUT2D eigenvalue weighted by atomic mass is 16.3. The Bertz CT molecular complexity index is 669. The Morgan fingerprint density at radius 2 is 1.26 bits per heavy atom. The molecule has 122 valence electrons. The molecule has 23 heavy (non-hydrogen) atoms. The van der Waals surface area contributed by atoms with Crippen molar-refractivity contribution in [1.29, 1.82) is 0 Å². The molecule has 0 saturated carbocycles. The number of Topliss-reactive ketones (excluding diaryl/α,β-unsaturated/α-hetero) is 1. The Labute approximate surface area is 137 Å². The number of benzene rings is 2. The van der Waals surface area contributed by atoms with Crippen LogP contribution in [0.3, 0.4) is 0 Å². The van der Waals surface area contributed by atoms with E-state index in [1.54, 1.807) is 26.0 Å². The number of rotatable bonds is 5. The lowest BCUT2D eigenvalue weighted by Crippen LogP contribution is -2.30. The fourth-order valence-corrected chi connectivity index (χ4v) is 2.48. The van der Waals surface area contributed by atoms with E-state index in [-0.39, 0.29) is 5.78 Å². The van der Waals surface area contributed by atoms with E-state index in [0.29, 0.717) is 12.0 Å². The highest BCUT2D eigenvalue weighted by Gasteiger charge is 2.24. The Kier molecular flexibility index (Phi) is 4.73. The number of hydrogen-bond acceptors (Lipinski definition) is 3. The Morgan fingerprint density at radius 3 is 1.65 bits per heavy atom. The average molecular weight is 312 g/mol. The summed E-state index contributed by atoms with van der Waals surface area (Å²) >= 11 is 0. The molecule has 0 saturated heterocycles. The highest BCUT2D eigenvalue weighted by Crippen LogP contribution is 2.23. The van der Waals surface area contributed by atoms with Crippen LogP contribution in [0.2, 0.25) is 0 Å². The number of ketones is 1. The SMILES string of the molecule is CC(C)(O)Cc1ccc(-c2ccc(C(=O)C(C)(C)O)cc2)cc1. The second-order valence-corrected chi connectivity index (χ2v) is 7.15. The van der Waals surface area contributed by atoms with Crippen molar-refractivity contribution in [1.82, 2.24) is 0 Å². The molecule has 0 atom stereocenters. The highest BCUT2D eigenvalue weighted by molar-refractivity contribution is 6.02. The van der Waals surface area contributed by atoms with Crippen molar-refractivity contribution in [2.45, 2.75) is 45.3 Å². The van der Waals surface area contributed by atoms with E-state index in [0.717, 1.165) is 16.7 Å². The van der Waals surface area contributed by atoms with Crippen molar-refractivity contribution in [2.75, 3.05) is 0 Å². The van der Waals surface area contributed by atoms with Gasteiger partial charge in [0.2, 0.25) is 0 Å². The molecule has 0 aliphatic carbocycles. The first kappa shape index (κ1) is 17.4. The van der Waals surface area contributed by atoms with Crippen LogP contribution in [0.25, 0.3) is 11.1 Å². The Hall–Kier alpha value is -1.97. The standard InChI is InChI=1S/C20H24O3/c1-19(2,22)13-14-5-7-15(8-6-14)16-9-11-17(12-10-16)18(21)20(3,4)23/h5-12,22-23H,13H2,1-4H3. The van der Waals surface area contributed by atoms with E-state index in [1.165, 1.54) is 13.8 Å². The minimum absolute atomic E-state index is 0.287. The van der Waals surface area contributed by atoms with Crippen LogP contribution in [0, 0.1) is 0 Å². The van der Waals surface area contributed by atoms with Crippen molar-refractivity contribution >= 4 is 5.78 Å². The molecule has 2 N–H and O–H groups in total. The van der Waals surface area contributed by atoms with Crippen LogP contribution < -0.4 is 0 Å². The minimum atomic E-state index is -1.36. The molecule has 3 heteroatoms. The Morgan fingerprint density at radius 1 is 0.826 bits per heavy atom. The number of carbonyl (C=O) groups is 1. The summed E-state index contributed by atoms with van der Waals surface area (Å²) in [6, 6.07) is 15.3. The Balaban J connectivity index is 2.18. The zero-order valence-corrected chi connectivity index (χ0v) is 14.1. The normalized spacial score (nSPS) is 12.3. The predicted octanol–water partition coefficient (Wildman–Crippen LogP) is 3.62. The smallest absolute Gasteiger partial charge is 0.193 e. The van der Waals surface area contributed by atoms with Crippen molar-refractivity contribution in [2.24, 2.45) is 0 Å². The van der Waals surface area contributed by atoms with E-state index in [9.17, 15) is 15.0 Å². The van der Waals surface area contributed by atoms with Gasteiger partial charge in [-0.25, -0.2) is 0 Å². The van der Waals surface area contributed by atoms with Crippen LogP contribution in [-0.4, -0.2) is 27.2 Å². The van der Waals surface area contributed by atoms with Gasteiger partial charge in [0.05, 0.1) is 5.60 Å². The zero-order valence-electron chi connectivity index (χ0n) is 14.1. The third-order valence-electron chi connectivity index (χ3n) is 3.63. The fourth-order valence-electron chi connectivity index (χ4n) is 2.48. The average Bonchev–Trinajstić information content (AvgIpc) is 2.45. The third kappa shape index (κ3) is 4.75. The van der Waals surface area contributed by atoms with E-state index in [2.05, 4.69) is 0 Å². The third-order valence-corrected chi connectivity index (χ3v) is 3.63. The summed E-state index contributed by atoms with van der Waals surface area (Å²) in [7, 11) is 0. The molecule has 0 aromatic heterocycles. The predicted molar refractivity (Wildman–Crippen MR) is 92.5 cm³/mol. The fraction of sp³-hybridized carbons (Fsp3) is 0.350. The van der Waals surface area contributed by atoms with Crippen LogP contribution in [0.15, 0.2) is 48.5 Å². The van der Waals surface area contributed by atoms with E-state index >= 15 is 0 Å². The van der Waals surface area contributed by atoms with Gasteiger partial charge in [-0.05, 0) is 44.4 Å². The quantitative estimate of drug-likeness (QED) is 0.829. The van der Waals surface area contributed by atoms with Gasteiger partial charge in [-0.2, -0.15) is 0 Å². The zero-order chi connectivity index (χ0) is 17.3. The molecule has 0 aliphatic rings. The van der Waals surface area contributed by atoms with Crippen LogP contribution in [0.1, 0.15) is 43.6 Å². The molecule has 0 fully saturated rings. The second-order valence-electron chi connectivity index (χ2n) is 7.15. The summed E-state index contributed by atoms with van der Waals surface area (Å²) in [5, 5.41) is 19.6. The molecular weight excluding hydrogens is 288 g/mol. The maximum Gasteiger partial charge on any atom is 0.193 e. The van der Waals surface area contributed by atoms with Gasteiger partial charge in [0.1, 0.15) is 5.60 Å². The van der Waals surface area contributed by atoms with Gasteiger partial charge < -0.3 is 10.2 Å². The van der Waals surface area contributed by atoms with E-state index < -0.39 is 11.2 Å². The summed E-state index contributed by atoms with van der Waals surface area (Å²) in [5.74, 6) is -0.287. The van der Waals surface area contributed by atoms with Gasteiger partial charge in [-0.1, -0.05) is 48.5 Å². The van der Waals surface area contributed by atoms with Crippen LogP contribution in [0.5, 0.6) is 0 Å². The molecule has 2 rings (SSSR count). The molecule has 3 nitrogen and oxygen atoms in total. The summed E-state index contributed by atoms with van der Waals surface area (Å²) in [4.78, 5) is 12.0. The molecule has 0 amide bonds. The number of aliphatic hydroxyl groups is 2. The first-order valence-electron chi connectivity index (χ1n) is 7.75. The second kappa shape index (κ2) is 6.26. The molecule has 2 aromatic carbocycles.